The molecule has 5 nitrogen and oxygen atoms in total. The maximum Gasteiger partial charge on any atom is 0.416 e. The lowest BCUT2D eigenvalue weighted by Crippen LogP contribution is -2.51. The van der Waals surface area contributed by atoms with Crippen LogP contribution in [-0.4, -0.2) is 35.4 Å². The van der Waals surface area contributed by atoms with E-state index in [1.807, 2.05) is 19.2 Å². The van der Waals surface area contributed by atoms with Gasteiger partial charge in [-0.25, -0.2) is 0 Å². The number of nitrogens with zero attached hydrogens (tertiary/aromatic N) is 2. The van der Waals surface area contributed by atoms with E-state index in [2.05, 4.69) is 4.99 Å². The first-order valence-corrected chi connectivity index (χ1v) is 10.8. The normalized spacial score (nSPS) is 19.2. The fourth-order valence-electron chi connectivity index (χ4n) is 3.69. The Labute approximate surface area is 188 Å². The summed E-state index contributed by atoms with van der Waals surface area (Å²) < 4.78 is 38.4. The monoisotopic (exact) mass is 463 g/mol. The van der Waals surface area contributed by atoms with Crippen molar-refractivity contribution in [2.24, 2.45) is 16.1 Å². The fraction of sp³-hybridized carbons (Fsp3) is 0.348. The van der Waals surface area contributed by atoms with Gasteiger partial charge in [0.1, 0.15) is 0 Å². The summed E-state index contributed by atoms with van der Waals surface area (Å²) in [6.07, 6.45) is -4.40. The number of ketones is 1. The molecule has 2 aromatic rings. The number of carbonyl (C=O) groups is 2. The van der Waals surface area contributed by atoms with Gasteiger partial charge in [-0.2, -0.15) is 13.2 Å². The number of hydrogen-bond donors (Lipinski definition) is 1. The summed E-state index contributed by atoms with van der Waals surface area (Å²) in [4.78, 5) is 31.9. The molecule has 1 fully saturated rings. The van der Waals surface area contributed by atoms with Gasteiger partial charge in [0.2, 0.25) is 0 Å². The van der Waals surface area contributed by atoms with E-state index >= 15 is 0 Å². The number of aliphatic imine (C=N–C) groups is 1. The van der Waals surface area contributed by atoms with Crippen molar-refractivity contribution in [2.45, 2.75) is 33.5 Å². The molecular weight excluding hydrogens is 439 g/mol. The minimum Gasteiger partial charge on any atom is -0.396 e. The van der Waals surface area contributed by atoms with Crippen molar-refractivity contribution in [1.82, 2.24) is 4.90 Å². The van der Waals surface area contributed by atoms with Gasteiger partial charge in [0.25, 0.3) is 5.91 Å². The fourth-order valence-corrected chi connectivity index (χ4v) is 4.38. The number of piperidine rings is 1. The molecule has 170 valence electrons. The van der Waals surface area contributed by atoms with Gasteiger partial charge in [0.15, 0.2) is 5.78 Å². The van der Waals surface area contributed by atoms with Crippen molar-refractivity contribution < 1.29 is 22.8 Å². The predicted octanol–water partition coefficient (Wildman–Crippen LogP) is 4.69. The number of hydrogen-bond acceptors (Lipinski definition) is 5. The molecule has 1 aliphatic heterocycles. The molecule has 1 aromatic carbocycles. The molecule has 1 saturated heterocycles. The minimum absolute atomic E-state index is 0.0351. The molecule has 1 aliphatic rings. The average molecular weight is 464 g/mol. The summed E-state index contributed by atoms with van der Waals surface area (Å²) in [7, 11) is 0. The number of rotatable bonds is 4. The molecule has 2 N–H and O–H groups in total. The molecular formula is C23H24F3N3O2S. The predicted molar refractivity (Wildman–Crippen MR) is 118 cm³/mol. The Morgan fingerprint density at radius 2 is 1.84 bits per heavy atom. The van der Waals surface area contributed by atoms with Crippen molar-refractivity contribution in [3.63, 3.8) is 0 Å². The summed E-state index contributed by atoms with van der Waals surface area (Å²) in [6, 6.07) is 8.34. The van der Waals surface area contributed by atoms with Crippen LogP contribution in [0.4, 0.5) is 13.2 Å². The maximum atomic E-state index is 12.9. The van der Waals surface area contributed by atoms with E-state index in [1.165, 1.54) is 30.4 Å². The van der Waals surface area contributed by atoms with Gasteiger partial charge in [-0.15, -0.1) is 11.3 Å². The molecule has 9 heteroatoms. The molecule has 32 heavy (non-hydrogen) atoms. The molecule has 2 heterocycles. The highest BCUT2D eigenvalue weighted by molar-refractivity contribution is 7.12. The van der Waals surface area contributed by atoms with Gasteiger partial charge in [0.05, 0.1) is 22.7 Å². The number of nitrogens with two attached hydrogens (primary N) is 1. The number of likely N-dealkylation sites (tertiary alicyclic amines) is 1. The van der Waals surface area contributed by atoms with Crippen molar-refractivity contribution >= 4 is 28.7 Å². The largest absolute Gasteiger partial charge is 0.416 e. The zero-order chi connectivity index (χ0) is 23.7. The number of alkyl halides is 3. The Balaban J connectivity index is 1.94. The Morgan fingerprint density at radius 1 is 1.19 bits per heavy atom. The number of halogens is 3. The summed E-state index contributed by atoms with van der Waals surface area (Å²) >= 11 is 1.34. The first-order valence-electron chi connectivity index (χ1n) is 9.94. The van der Waals surface area contributed by atoms with E-state index in [9.17, 15) is 22.8 Å². The van der Waals surface area contributed by atoms with Crippen LogP contribution in [0.2, 0.25) is 0 Å². The Morgan fingerprint density at radius 3 is 2.38 bits per heavy atom. The third-order valence-corrected chi connectivity index (χ3v) is 6.14. The second kappa shape index (κ2) is 8.90. The van der Waals surface area contributed by atoms with Gasteiger partial charge in [-0.1, -0.05) is 32.0 Å². The smallest absolute Gasteiger partial charge is 0.396 e. The van der Waals surface area contributed by atoms with Gasteiger partial charge in [-0.3, -0.25) is 14.6 Å². The van der Waals surface area contributed by atoms with Crippen molar-refractivity contribution in [3.8, 4) is 0 Å². The molecule has 0 unspecified atom stereocenters. The second-order valence-electron chi connectivity index (χ2n) is 8.33. The lowest BCUT2D eigenvalue weighted by Gasteiger charge is -2.41. The van der Waals surface area contributed by atoms with E-state index < -0.39 is 17.2 Å². The van der Waals surface area contributed by atoms with E-state index in [-0.39, 0.29) is 30.5 Å². The van der Waals surface area contributed by atoms with Crippen molar-refractivity contribution in [3.05, 3.63) is 69.1 Å². The Kier molecular flexibility index (Phi) is 6.59. The molecule has 0 spiro atoms. The molecule has 0 radical (unpaired) electrons. The molecule has 1 amide bonds. The number of thiophene rings is 1. The minimum atomic E-state index is -4.40. The molecule has 3 rings (SSSR count). The van der Waals surface area contributed by atoms with Crippen LogP contribution in [-0.2, 0) is 17.5 Å². The molecule has 0 aliphatic carbocycles. The van der Waals surface area contributed by atoms with E-state index in [0.29, 0.717) is 28.3 Å². The van der Waals surface area contributed by atoms with Crippen LogP contribution in [0.5, 0.6) is 0 Å². The molecule has 0 bridgehead atoms. The first kappa shape index (κ1) is 23.7. The van der Waals surface area contributed by atoms with Gasteiger partial charge < -0.3 is 10.6 Å². The Hall–Kier alpha value is -2.94. The highest BCUT2D eigenvalue weighted by Gasteiger charge is 2.39. The lowest BCUT2D eigenvalue weighted by atomic mass is 9.78. The van der Waals surface area contributed by atoms with Crippen LogP contribution in [0.3, 0.4) is 0 Å². The highest BCUT2D eigenvalue weighted by atomic mass is 32.1. The summed E-state index contributed by atoms with van der Waals surface area (Å²) in [6.45, 7) is 5.79. The SMILES string of the molecule is CC(=O)/C(N)=C1\CN(C(=O)c2cccs2)CC(C)(C)C1=NCc1ccc(C(F)(F)F)cc1. The van der Waals surface area contributed by atoms with Crippen molar-refractivity contribution in [1.29, 1.82) is 0 Å². The number of allylic oxidation sites excluding steroid dienone is 1. The third kappa shape index (κ3) is 5.09. The van der Waals surface area contributed by atoms with E-state index in [0.717, 1.165) is 12.1 Å². The Bertz CT molecular complexity index is 1070. The molecule has 1 aromatic heterocycles. The van der Waals surface area contributed by atoms with Gasteiger partial charge >= 0.3 is 6.18 Å². The van der Waals surface area contributed by atoms with Crippen LogP contribution in [0, 0.1) is 5.41 Å². The van der Waals surface area contributed by atoms with Gasteiger partial charge in [-0.05, 0) is 29.1 Å². The van der Waals surface area contributed by atoms with E-state index in [1.54, 1.807) is 17.0 Å². The first-order chi connectivity index (χ1) is 14.9. The summed E-state index contributed by atoms with van der Waals surface area (Å²) in [5, 5.41) is 1.82. The summed E-state index contributed by atoms with van der Waals surface area (Å²) in [5.74, 6) is -0.479. The van der Waals surface area contributed by atoms with Crippen LogP contribution in [0.25, 0.3) is 0 Å². The second-order valence-corrected chi connectivity index (χ2v) is 9.28. The lowest BCUT2D eigenvalue weighted by molar-refractivity contribution is -0.137. The van der Waals surface area contributed by atoms with Crippen molar-refractivity contribution in [2.75, 3.05) is 13.1 Å². The zero-order valence-electron chi connectivity index (χ0n) is 18.0. The number of Topliss-reactive ketones (excluding diaryl/α,β-unsaturated/α-hetero) is 1. The average Bonchev–Trinajstić information content (AvgIpc) is 3.25. The topological polar surface area (TPSA) is 75.8 Å². The maximum absolute atomic E-state index is 12.9. The number of amides is 1. The van der Waals surface area contributed by atoms with Crippen LogP contribution in [0.1, 0.15) is 41.6 Å². The molecule has 0 atom stereocenters. The third-order valence-electron chi connectivity index (χ3n) is 5.29. The number of benzene rings is 1. The van der Waals surface area contributed by atoms with E-state index in [4.69, 9.17) is 5.73 Å². The molecule has 0 saturated carbocycles. The van der Waals surface area contributed by atoms with Crippen LogP contribution >= 0.6 is 11.3 Å². The standard InChI is InChI=1S/C23H24F3N3O2S/c1-14(30)19(27)17-12-29(21(31)18-5-4-10-32-18)13-22(2,3)20(17)28-11-15-6-8-16(9-7-15)23(24,25)26/h4-10H,11-13,27H2,1-3H3/b19-17-,28-20?. The van der Waals surface area contributed by atoms with Crippen LogP contribution < -0.4 is 5.73 Å². The highest BCUT2D eigenvalue weighted by Crippen LogP contribution is 2.33. The zero-order valence-corrected chi connectivity index (χ0v) is 18.8. The quantitative estimate of drug-likeness (QED) is 0.669. The summed E-state index contributed by atoms with van der Waals surface area (Å²) in [5.41, 5.74) is 6.46. The van der Waals surface area contributed by atoms with Gasteiger partial charge in [0, 0.05) is 36.7 Å². The van der Waals surface area contributed by atoms with Crippen LogP contribution in [0.15, 0.2) is 58.0 Å². The number of carbonyl (C=O) groups excluding carboxylic acids is 2.